The Morgan fingerprint density at radius 3 is 2.36 bits per heavy atom. The van der Waals surface area contributed by atoms with Gasteiger partial charge < -0.3 is 5.73 Å². The molecule has 0 aliphatic carbocycles. The van der Waals surface area contributed by atoms with Crippen molar-refractivity contribution in [3.63, 3.8) is 0 Å². The minimum atomic E-state index is 0.0312. The van der Waals surface area contributed by atoms with Gasteiger partial charge in [0.05, 0.1) is 0 Å². The van der Waals surface area contributed by atoms with E-state index in [1.165, 1.54) is 0 Å². The van der Waals surface area contributed by atoms with E-state index in [9.17, 15) is 0 Å². The number of benzene rings is 1. The first-order chi connectivity index (χ1) is 6.40. The Hall–Kier alpha value is -0.530. The van der Waals surface area contributed by atoms with E-state index in [2.05, 4.69) is 20.8 Å². The Morgan fingerprint density at radius 2 is 1.86 bits per heavy atom. The van der Waals surface area contributed by atoms with Crippen LogP contribution in [0.2, 0.25) is 5.02 Å². The molecule has 0 bridgehead atoms. The molecule has 2 heteroatoms. The predicted octanol–water partition coefficient (Wildman–Crippen LogP) is 3.78. The van der Waals surface area contributed by atoms with Crippen LogP contribution in [-0.2, 0) is 0 Å². The quantitative estimate of drug-likeness (QED) is 0.792. The molecule has 14 heavy (non-hydrogen) atoms. The third-order valence-corrected chi connectivity index (χ3v) is 2.48. The van der Waals surface area contributed by atoms with Crippen molar-refractivity contribution in [1.29, 1.82) is 0 Å². The Morgan fingerprint density at radius 1 is 1.29 bits per heavy atom. The molecule has 0 aliphatic rings. The summed E-state index contributed by atoms with van der Waals surface area (Å²) in [6, 6.07) is 7.82. The van der Waals surface area contributed by atoms with Crippen molar-refractivity contribution in [2.75, 3.05) is 0 Å². The molecule has 0 fully saturated rings. The largest absolute Gasteiger partial charge is 0.324 e. The molecule has 1 aromatic rings. The van der Waals surface area contributed by atoms with Crippen LogP contribution < -0.4 is 5.73 Å². The van der Waals surface area contributed by atoms with Crippen LogP contribution in [0.3, 0.4) is 0 Å². The molecule has 0 spiro atoms. The number of nitrogens with two attached hydrogens (primary N) is 1. The smallest absolute Gasteiger partial charge is 0.0453 e. The predicted molar refractivity (Wildman–Crippen MR) is 62.5 cm³/mol. The highest BCUT2D eigenvalue weighted by Gasteiger charge is 2.18. The van der Waals surface area contributed by atoms with Gasteiger partial charge in [-0.05, 0) is 23.5 Å². The second-order valence-electron chi connectivity index (χ2n) is 4.89. The van der Waals surface area contributed by atoms with Gasteiger partial charge in [-0.1, -0.05) is 50.6 Å². The lowest BCUT2D eigenvalue weighted by Crippen LogP contribution is -2.18. The van der Waals surface area contributed by atoms with E-state index < -0.39 is 0 Å². The summed E-state index contributed by atoms with van der Waals surface area (Å²) in [5.41, 5.74) is 7.38. The van der Waals surface area contributed by atoms with Crippen molar-refractivity contribution in [3.05, 3.63) is 34.9 Å². The summed E-state index contributed by atoms with van der Waals surface area (Å²) in [5, 5.41) is 0.768. The molecule has 0 amide bonds. The normalized spacial score (nSPS) is 14.1. The van der Waals surface area contributed by atoms with Gasteiger partial charge in [0.15, 0.2) is 0 Å². The Labute approximate surface area is 91.3 Å². The molecule has 1 rings (SSSR count). The van der Waals surface area contributed by atoms with Crippen LogP contribution in [0.5, 0.6) is 0 Å². The summed E-state index contributed by atoms with van der Waals surface area (Å²) in [4.78, 5) is 0. The zero-order chi connectivity index (χ0) is 10.8. The summed E-state index contributed by atoms with van der Waals surface area (Å²) in [5.74, 6) is 0. The number of hydrogen-bond acceptors (Lipinski definition) is 1. The molecule has 0 radical (unpaired) electrons. The standard InChI is InChI=1S/C12H18ClN/c1-12(2,3)8-11(14)9-6-4-5-7-10(9)13/h4-7,11H,8,14H2,1-3H3/t11-/m1/s1. The lowest BCUT2D eigenvalue weighted by molar-refractivity contribution is 0.343. The summed E-state index contributed by atoms with van der Waals surface area (Å²) >= 11 is 6.07. The highest BCUT2D eigenvalue weighted by Crippen LogP contribution is 2.30. The van der Waals surface area contributed by atoms with Crippen LogP contribution in [0.4, 0.5) is 0 Å². The number of halogens is 1. The average Bonchev–Trinajstić information content (AvgIpc) is 2.01. The van der Waals surface area contributed by atoms with Gasteiger partial charge in [0.2, 0.25) is 0 Å². The fraction of sp³-hybridized carbons (Fsp3) is 0.500. The third-order valence-electron chi connectivity index (χ3n) is 2.14. The summed E-state index contributed by atoms with van der Waals surface area (Å²) in [6.45, 7) is 6.55. The van der Waals surface area contributed by atoms with Crippen LogP contribution in [0, 0.1) is 5.41 Å². The molecule has 1 aromatic carbocycles. The lowest BCUT2D eigenvalue weighted by Gasteiger charge is -2.23. The van der Waals surface area contributed by atoms with Crippen LogP contribution in [-0.4, -0.2) is 0 Å². The molecule has 0 saturated heterocycles. The van der Waals surface area contributed by atoms with E-state index in [1.54, 1.807) is 0 Å². The molecule has 0 saturated carbocycles. The molecule has 1 atom stereocenters. The maximum Gasteiger partial charge on any atom is 0.0453 e. The Kier molecular flexibility index (Phi) is 3.57. The van der Waals surface area contributed by atoms with E-state index in [0.717, 1.165) is 17.0 Å². The van der Waals surface area contributed by atoms with Gasteiger partial charge in [-0.15, -0.1) is 0 Å². The molecule has 1 nitrogen and oxygen atoms in total. The molecule has 2 N–H and O–H groups in total. The number of hydrogen-bond donors (Lipinski definition) is 1. The first-order valence-electron chi connectivity index (χ1n) is 4.90. The second-order valence-corrected chi connectivity index (χ2v) is 5.30. The third kappa shape index (κ3) is 3.32. The summed E-state index contributed by atoms with van der Waals surface area (Å²) in [6.07, 6.45) is 0.941. The van der Waals surface area contributed by atoms with Crippen molar-refractivity contribution < 1.29 is 0 Å². The molecule has 0 heterocycles. The second kappa shape index (κ2) is 4.33. The van der Waals surface area contributed by atoms with Crippen molar-refractivity contribution >= 4 is 11.6 Å². The molecule has 0 unspecified atom stereocenters. The molecular weight excluding hydrogens is 194 g/mol. The zero-order valence-electron chi connectivity index (χ0n) is 9.05. The summed E-state index contributed by atoms with van der Waals surface area (Å²) < 4.78 is 0. The minimum Gasteiger partial charge on any atom is -0.324 e. The van der Waals surface area contributed by atoms with Gasteiger partial charge in [0.25, 0.3) is 0 Å². The van der Waals surface area contributed by atoms with E-state index >= 15 is 0 Å². The van der Waals surface area contributed by atoms with E-state index in [4.69, 9.17) is 17.3 Å². The monoisotopic (exact) mass is 211 g/mol. The van der Waals surface area contributed by atoms with Crippen molar-refractivity contribution in [3.8, 4) is 0 Å². The van der Waals surface area contributed by atoms with Crippen LogP contribution in [0.1, 0.15) is 38.8 Å². The first kappa shape index (κ1) is 11.5. The fourth-order valence-electron chi connectivity index (χ4n) is 1.55. The molecular formula is C12H18ClN. The van der Waals surface area contributed by atoms with E-state index in [-0.39, 0.29) is 11.5 Å². The van der Waals surface area contributed by atoms with E-state index in [1.807, 2.05) is 24.3 Å². The number of rotatable bonds is 2. The maximum atomic E-state index is 6.10. The van der Waals surface area contributed by atoms with E-state index in [0.29, 0.717) is 0 Å². The highest BCUT2D eigenvalue weighted by molar-refractivity contribution is 6.31. The van der Waals surface area contributed by atoms with Crippen molar-refractivity contribution in [2.24, 2.45) is 11.1 Å². The van der Waals surface area contributed by atoms with Crippen molar-refractivity contribution in [2.45, 2.75) is 33.2 Å². The molecule has 78 valence electrons. The van der Waals surface area contributed by atoms with Crippen LogP contribution >= 0.6 is 11.6 Å². The van der Waals surface area contributed by atoms with Gasteiger partial charge >= 0.3 is 0 Å². The highest BCUT2D eigenvalue weighted by atomic mass is 35.5. The first-order valence-corrected chi connectivity index (χ1v) is 5.28. The van der Waals surface area contributed by atoms with Gasteiger partial charge in [0.1, 0.15) is 0 Å². The molecule has 0 aromatic heterocycles. The summed E-state index contributed by atoms with van der Waals surface area (Å²) in [7, 11) is 0. The van der Waals surface area contributed by atoms with Crippen molar-refractivity contribution in [1.82, 2.24) is 0 Å². The van der Waals surface area contributed by atoms with Crippen LogP contribution in [0.25, 0.3) is 0 Å². The van der Waals surface area contributed by atoms with Gasteiger partial charge in [-0.2, -0.15) is 0 Å². The molecule has 0 aliphatic heterocycles. The average molecular weight is 212 g/mol. The van der Waals surface area contributed by atoms with Gasteiger partial charge in [-0.25, -0.2) is 0 Å². The minimum absolute atomic E-state index is 0.0312. The fourth-order valence-corrected chi connectivity index (χ4v) is 1.82. The zero-order valence-corrected chi connectivity index (χ0v) is 9.81. The maximum absolute atomic E-state index is 6.10. The Balaban J connectivity index is 2.80. The Bertz CT molecular complexity index is 301. The SMILES string of the molecule is CC(C)(C)C[C@@H](N)c1ccccc1Cl. The lowest BCUT2D eigenvalue weighted by atomic mass is 9.86. The van der Waals surface area contributed by atoms with Gasteiger partial charge in [0, 0.05) is 11.1 Å². The van der Waals surface area contributed by atoms with Gasteiger partial charge in [-0.3, -0.25) is 0 Å². The topological polar surface area (TPSA) is 26.0 Å². The van der Waals surface area contributed by atoms with Crippen LogP contribution in [0.15, 0.2) is 24.3 Å².